The summed E-state index contributed by atoms with van der Waals surface area (Å²) in [6, 6.07) is 16.5. The number of carbonyl (C=O) groups excluding carboxylic acids is 2. The number of nitrogens with zero attached hydrogens (tertiary/aromatic N) is 1. The molecule has 28 heavy (non-hydrogen) atoms. The van der Waals surface area contributed by atoms with Crippen LogP contribution >= 0.6 is 0 Å². The third-order valence-electron chi connectivity index (χ3n) is 5.76. The van der Waals surface area contributed by atoms with Crippen LogP contribution in [0.2, 0.25) is 0 Å². The number of benzene rings is 2. The van der Waals surface area contributed by atoms with Gasteiger partial charge in [-0.2, -0.15) is 0 Å². The average Bonchev–Trinajstić information content (AvgIpc) is 3.58. The van der Waals surface area contributed by atoms with E-state index in [0.717, 1.165) is 31.2 Å². The molecule has 2 amide bonds. The number of halogens is 1. The van der Waals surface area contributed by atoms with Gasteiger partial charge in [0, 0.05) is 24.6 Å². The van der Waals surface area contributed by atoms with E-state index in [4.69, 9.17) is 0 Å². The second-order valence-electron chi connectivity index (χ2n) is 7.77. The van der Waals surface area contributed by atoms with Crippen LogP contribution in [0.1, 0.15) is 42.9 Å². The van der Waals surface area contributed by atoms with Crippen LogP contribution in [0.3, 0.4) is 0 Å². The van der Waals surface area contributed by atoms with Gasteiger partial charge in [0.2, 0.25) is 11.8 Å². The van der Waals surface area contributed by atoms with E-state index in [-0.39, 0.29) is 42.1 Å². The van der Waals surface area contributed by atoms with Crippen molar-refractivity contribution in [3.05, 3.63) is 71.5 Å². The first-order valence-corrected chi connectivity index (χ1v) is 10.00. The lowest BCUT2D eigenvalue weighted by Crippen LogP contribution is -2.47. The van der Waals surface area contributed by atoms with Crippen LogP contribution in [-0.2, 0) is 16.1 Å². The summed E-state index contributed by atoms with van der Waals surface area (Å²) in [6.07, 6.45) is 3.37. The number of hydrogen-bond acceptors (Lipinski definition) is 2. The zero-order chi connectivity index (χ0) is 19.5. The smallest absolute Gasteiger partial charge is 0.226 e. The summed E-state index contributed by atoms with van der Waals surface area (Å²) in [4.78, 5) is 27.5. The van der Waals surface area contributed by atoms with Gasteiger partial charge in [0.05, 0.1) is 12.0 Å². The Bertz CT molecular complexity index is 851. The first kappa shape index (κ1) is 18.7. The number of piperidine rings is 1. The van der Waals surface area contributed by atoms with E-state index in [0.29, 0.717) is 12.1 Å². The van der Waals surface area contributed by atoms with Crippen molar-refractivity contribution in [1.29, 1.82) is 0 Å². The van der Waals surface area contributed by atoms with E-state index >= 15 is 0 Å². The normalized spacial score (nSPS) is 22.0. The summed E-state index contributed by atoms with van der Waals surface area (Å²) < 4.78 is 13.8. The maximum Gasteiger partial charge on any atom is 0.226 e. The summed E-state index contributed by atoms with van der Waals surface area (Å²) in [6.45, 7) is 0.596. The van der Waals surface area contributed by atoms with E-state index in [1.54, 1.807) is 18.2 Å². The zero-order valence-electron chi connectivity index (χ0n) is 15.8. The molecule has 0 unspecified atom stereocenters. The fourth-order valence-corrected chi connectivity index (χ4v) is 3.98. The molecule has 0 spiro atoms. The number of amides is 2. The molecule has 5 heteroatoms. The second kappa shape index (κ2) is 8.13. The molecule has 0 radical (unpaired) electrons. The Kier molecular flexibility index (Phi) is 5.42. The molecule has 0 aromatic heterocycles. The van der Waals surface area contributed by atoms with Crippen LogP contribution in [0.4, 0.5) is 4.39 Å². The van der Waals surface area contributed by atoms with Gasteiger partial charge in [-0.25, -0.2) is 4.39 Å². The third-order valence-corrected chi connectivity index (χ3v) is 5.76. The van der Waals surface area contributed by atoms with E-state index in [2.05, 4.69) is 17.4 Å². The molecule has 1 heterocycles. The minimum Gasteiger partial charge on any atom is -0.352 e. The molecule has 1 aliphatic heterocycles. The molecular formula is C23H25FN2O2. The van der Waals surface area contributed by atoms with Crippen LogP contribution in [0, 0.1) is 17.7 Å². The van der Waals surface area contributed by atoms with E-state index in [1.807, 2.05) is 23.1 Å². The molecule has 2 fully saturated rings. The Morgan fingerprint density at radius 1 is 0.929 bits per heavy atom. The molecule has 146 valence electrons. The largest absolute Gasteiger partial charge is 0.352 e. The maximum atomic E-state index is 13.8. The lowest BCUT2D eigenvalue weighted by molar-refractivity contribution is -0.140. The quantitative estimate of drug-likeness (QED) is 0.857. The third kappa shape index (κ3) is 4.08. The van der Waals surface area contributed by atoms with Gasteiger partial charge in [0.1, 0.15) is 5.82 Å². The minimum atomic E-state index is -0.318. The Hall–Kier alpha value is -2.69. The lowest BCUT2D eigenvalue weighted by Gasteiger charge is -2.39. The molecule has 1 saturated carbocycles. The van der Waals surface area contributed by atoms with Crippen molar-refractivity contribution in [2.45, 2.75) is 38.3 Å². The Labute approximate surface area is 164 Å². The van der Waals surface area contributed by atoms with Crippen molar-refractivity contribution in [2.75, 3.05) is 6.54 Å². The van der Waals surface area contributed by atoms with Crippen molar-refractivity contribution in [1.82, 2.24) is 10.2 Å². The molecule has 1 aliphatic carbocycles. The summed E-state index contributed by atoms with van der Waals surface area (Å²) in [5.41, 5.74) is 1.60. The first-order chi connectivity index (χ1) is 13.6. The topological polar surface area (TPSA) is 49.4 Å². The number of likely N-dealkylation sites (tertiary alicyclic amines) is 1. The van der Waals surface area contributed by atoms with E-state index in [9.17, 15) is 14.0 Å². The minimum absolute atomic E-state index is 0.0323. The fourth-order valence-electron chi connectivity index (χ4n) is 3.98. The number of nitrogens with one attached hydrogen (secondary N) is 1. The van der Waals surface area contributed by atoms with Gasteiger partial charge >= 0.3 is 0 Å². The number of rotatable bonds is 5. The fraction of sp³-hybridized carbons (Fsp3) is 0.391. The van der Waals surface area contributed by atoms with Crippen molar-refractivity contribution in [3.63, 3.8) is 0 Å². The molecule has 2 aliphatic rings. The zero-order valence-corrected chi connectivity index (χ0v) is 15.8. The highest BCUT2D eigenvalue weighted by atomic mass is 19.1. The molecule has 0 bridgehead atoms. The summed E-state index contributed by atoms with van der Waals surface area (Å²) in [7, 11) is 0. The van der Waals surface area contributed by atoms with Gasteiger partial charge in [-0.15, -0.1) is 0 Å². The van der Waals surface area contributed by atoms with Crippen LogP contribution in [-0.4, -0.2) is 23.3 Å². The summed E-state index contributed by atoms with van der Waals surface area (Å²) in [5, 5.41) is 2.85. The van der Waals surface area contributed by atoms with Crippen molar-refractivity contribution in [2.24, 2.45) is 11.8 Å². The highest BCUT2D eigenvalue weighted by molar-refractivity contribution is 5.84. The average molecular weight is 380 g/mol. The highest BCUT2D eigenvalue weighted by Gasteiger charge is 2.41. The van der Waals surface area contributed by atoms with Crippen molar-refractivity contribution in [3.8, 4) is 0 Å². The molecular weight excluding hydrogens is 355 g/mol. The van der Waals surface area contributed by atoms with E-state index in [1.165, 1.54) is 6.07 Å². The molecule has 2 aromatic carbocycles. The van der Waals surface area contributed by atoms with Gasteiger partial charge in [-0.05, 0) is 37.3 Å². The highest BCUT2D eigenvalue weighted by Crippen LogP contribution is 2.39. The second-order valence-corrected chi connectivity index (χ2v) is 7.77. The van der Waals surface area contributed by atoms with Gasteiger partial charge in [-0.1, -0.05) is 48.5 Å². The van der Waals surface area contributed by atoms with Crippen molar-refractivity contribution >= 4 is 11.8 Å². The predicted molar refractivity (Wildman–Crippen MR) is 105 cm³/mol. The monoisotopic (exact) mass is 380 g/mol. The van der Waals surface area contributed by atoms with Gasteiger partial charge in [0.25, 0.3) is 0 Å². The standard InChI is InChI=1S/C23H25FN2O2/c24-20-9-5-4-8-18(20)14-25-22(27)19-12-13-21(16-6-2-1-3-7-16)26(15-19)23(28)17-10-11-17/h1-9,17,19,21H,10-15H2,(H,25,27)/t19-,21+/m0/s1. The lowest BCUT2D eigenvalue weighted by atomic mass is 9.88. The SMILES string of the molecule is O=C(NCc1ccccc1F)[C@H]1CC[C@H](c2ccccc2)N(C(=O)C2CC2)C1. The van der Waals surface area contributed by atoms with Crippen molar-refractivity contribution < 1.29 is 14.0 Å². The summed E-state index contributed by atoms with van der Waals surface area (Å²) >= 11 is 0. The van der Waals surface area contributed by atoms with Crippen LogP contribution in [0.15, 0.2) is 54.6 Å². The Balaban J connectivity index is 1.44. The van der Waals surface area contributed by atoms with Gasteiger partial charge < -0.3 is 10.2 Å². The van der Waals surface area contributed by atoms with Crippen LogP contribution in [0.5, 0.6) is 0 Å². The number of carbonyl (C=O) groups is 2. The molecule has 4 nitrogen and oxygen atoms in total. The Morgan fingerprint density at radius 2 is 1.61 bits per heavy atom. The molecule has 2 aromatic rings. The van der Waals surface area contributed by atoms with Gasteiger partial charge in [-0.3, -0.25) is 9.59 Å². The van der Waals surface area contributed by atoms with Gasteiger partial charge in [0.15, 0.2) is 0 Å². The first-order valence-electron chi connectivity index (χ1n) is 10.00. The molecule has 4 rings (SSSR count). The maximum absolute atomic E-state index is 13.8. The summed E-state index contributed by atoms with van der Waals surface area (Å²) in [5.74, 6) is -0.397. The van der Waals surface area contributed by atoms with E-state index < -0.39 is 0 Å². The predicted octanol–water partition coefficient (Wildman–Crippen LogP) is 3.83. The Morgan fingerprint density at radius 3 is 2.32 bits per heavy atom. The number of hydrogen-bond donors (Lipinski definition) is 1. The van der Waals surface area contributed by atoms with Crippen LogP contribution in [0.25, 0.3) is 0 Å². The molecule has 1 N–H and O–H groups in total. The molecule has 2 atom stereocenters. The molecule has 1 saturated heterocycles. The van der Waals surface area contributed by atoms with Crippen LogP contribution < -0.4 is 5.32 Å².